The zero-order valence-electron chi connectivity index (χ0n) is 14.2. The minimum absolute atomic E-state index is 0. The molecule has 0 aliphatic carbocycles. The number of nitrogens with one attached hydrogen (secondary N) is 2. The third-order valence-electron chi connectivity index (χ3n) is 3.92. The second-order valence-corrected chi connectivity index (χ2v) is 6.54. The maximum Gasteiger partial charge on any atom is 0.246 e. The molecule has 3 rings (SSSR count). The first-order valence-corrected chi connectivity index (χ1v) is 8.71. The van der Waals surface area contributed by atoms with Gasteiger partial charge in [0, 0.05) is 30.7 Å². The monoisotopic (exact) mass is 520 g/mol. The van der Waals surface area contributed by atoms with Crippen LogP contribution in [0.15, 0.2) is 38.3 Å². The molecule has 0 bridgehead atoms. The fourth-order valence-electron chi connectivity index (χ4n) is 2.76. The van der Waals surface area contributed by atoms with Crippen LogP contribution in [0, 0.1) is 6.92 Å². The fraction of sp³-hybridized carbons (Fsp3) is 0.438. The van der Waals surface area contributed by atoms with E-state index in [-0.39, 0.29) is 24.0 Å². The minimum atomic E-state index is 0. The van der Waals surface area contributed by atoms with Crippen molar-refractivity contribution in [3.8, 4) is 0 Å². The molecule has 0 spiro atoms. The molecule has 136 valence electrons. The van der Waals surface area contributed by atoms with E-state index >= 15 is 0 Å². The van der Waals surface area contributed by atoms with Gasteiger partial charge in [0.25, 0.3) is 0 Å². The Morgan fingerprint density at radius 3 is 2.92 bits per heavy atom. The lowest BCUT2D eigenvalue weighted by Crippen LogP contribution is -2.44. The van der Waals surface area contributed by atoms with E-state index in [0.717, 1.165) is 29.9 Å². The number of aryl methyl sites for hydroxylation is 1. The number of halogens is 2. The molecule has 25 heavy (non-hydrogen) atoms. The van der Waals surface area contributed by atoms with Crippen molar-refractivity contribution in [2.24, 2.45) is 4.99 Å². The minimum Gasteiger partial charge on any atom is -0.368 e. The van der Waals surface area contributed by atoms with Crippen LogP contribution in [0.2, 0.25) is 0 Å². The molecule has 1 aromatic heterocycles. The van der Waals surface area contributed by atoms with Gasteiger partial charge < -0.3 is 20.1 Å². The zero-order valence-corrected chi connectivity index (χ0v) is 18.1. The Morgan fingerprint density at radius 2 is 2.24 bits per heavy atom. The van der Waals surface area contributed by atoms with E-state index < -0.39 is 0 Å². The maximum absolute atomic E-state index is 5.10. The molecule has 1 fully saturated rings. The molecule has 0 amide bonds. The number of anilines is 1. The Kier molecular flexibility index (Phi) is 7.48. The highest BCUT2D eigenvalue weighted by Crippen LogP contribution is 2.28. The first kappa shape index (κ1) is 20.0. The van der Waals surface area contributed by atoms with Crippen LogP contribution in [-0.2, 0) is 6.54 Å². The van der Waals surface area contributed by atoms with Crippen LogP contribution in [0.25, 0.3) is 0 Å². The van der Waals surface area contributed by atoms with Crippen molar-refractivity contribution in [2.75, 3.05) is 25.0 Å². The van der Waals surface area contributed by atoms with E-state index in [2.05, 4.69) is 64.8 Å². The fourth-order valence-corrected chi connectivity index (χ4v) is 3.30. The van der Waals surface area contributed by atoms with Gasteiger partial charge >= 0.3 is 0 Å². The van der Waals surface area contributed by atoms with Crippen molar-refractivity contribution < 1.29 is 4.52 Å². The summed E-state index contributed by atoms with van der Waals surface area (Å²) in [5, 5.41) is 10.4. The maximum atomic E-state index is 5.10. The van der Waals surface area contributed by atoms with Crippen LogP contribution < -0.4 is 15.5 Å². The van der Waals surface area contributed by atoms with E-state index in [9.17, 15) is 0 Å². The van der Waals surface area contributed by atoms with Gasteiger partial charge in [-0.05, 0) is 41.4 Å². The third-order valence-corrected chi connectivity index (χ3v) is 4.59. The summed E-state index contributed by atoms with van der Waals surface area (Å²) in [6.45, 7) is 4.21. The summed E-state index contributed by atoms with van der Waals surface area (Å²) in [6.07, 6.45) is 1.06. The third kappa shape index (κ3) is 5.30. The first-order valence-electron chi connectivity index (χ1n) is 7.91. The lowest BCUT2D eigenvalue weighted by Gasteiger charge is -2.21. The number of rotatable bonds is 4. The summed E-state index contributed by atoms with van der Waals surface area (Å²) in [4.78, 5) is 10.8. The van der Waals surface area contributed by atoms with Crippen molar-refractivity contribution in [3.05, 3.63) is 40.5 Å². The van der Waals surface area contributed by atoms with Gasteiger partial charge in [0.2, 0.25) is 5.89 Å². The van der Waals surface area contributed by atoms with E-state index in [4.69, 9.17) is 4.52 Å². The Labute approximate surface area is 172 Å². The summed E-state index contributed by atoms with van der Waals surface area (Å²) in [5.74, 6) is 1.93. The first-order chi connectivity index (χ1) is 11.7. The van der Waals surface area contributed by atoms with Crippen molar-refractivity contribution in [2.45, 2.75) is 25.9 Å². The molecule has 0 radical (unpaired) electrons. The molecule has 2 N–H and O–H groups in total. The molecule has 1 aliphatic rings. The predicted molar refractivity (Wildman–Crippen MR) is 113 cm³/mol. The molecule has 1 atom stereocenters. The van der Waals surface area contributed by atoms with Gasteiger partial charge in [0.15, 0.2) is 11.8 Å². The van der Waals surface area contributed by atoms with E-state index in [1.54, 1.807) is 14.0 Å². The smallest absolute Gasteiger partial charge is 0.246 e. The van der Waals surface area contributed by atoms with Crippen molar-refractivity contribution in [1.82, 2.24) is 20.8 Å². The van der Waals surface area contributed by atoms with Gasteiger partial charge in [-0.25, -0.2) is 0 Å². The molecule has 2 aromatic rings. The van der Waals surface area contributed by atoms with Gasteiger partial charge in [-0.15, -0.1) is 24.0 Å². The molecule has 2 heterocycles. The van der Waals surface area contributed by atoms with Crippen LogP contribution in [0.3, 0.4) is 0 Å². The van der Waals surface area contributed by atoms with Gasteiger partial charge in [-0.3, -0.25) is 4.99 Å². The summed E-state index contributed by atoms with van der Waals surface area (Å²) in [6, 6.07) is 8.64. The van der Waals surface area contributed by atoms with Crippen LogP contribution in [0.5, 0.6) is 0 Å². The average molecular weight is 521 g/mol. The largest absolute Gasteiger partial charge is 0.368 e. The number of hydrogen-bond donors (Lipinski definition) is 2. The Balaban J connectivity index is 0.00000225. The predicted octanol–water partition coefficient (Wildman–Crippen LogP) is 2.70. The van der Waals surface area contributed by atoms with Crippen molar-refractivity contribution in [3.63, 3.8) is 0 Å². The summed E-state index contributed by atoms with van der Waals surface area (Å²) in [5.41, 5.74) is 1.23. The highest BCUT2D eigenvalue weighted by Gasteiger charge is 2.24. The zero-order chi connectivity index (χ0) is 16.9. The molecular formula is C16H22BrIN6O. The van der Waals surface area contributed by atoms with Gasteiger partial charge in [0.1, 0.15) is 0 Å². The lowest BCUT2D eigenvalue weighted by atomic mass is 10.3. The molecule has 1 saturated heterocycles. The van der Waals surface area contributed by atoms with Crippen molar-refractivity contribution >= 4 is 51.6 Å². The number of aromatic nitrogens is 2. The Morgan fingerprint density at radius 1 is 1.44 bits per heavy atom. The molecule has 7 nitrogen and oxygen atoms in total. The highest BCUT2D eigenvalue weighted by molar-refractivity contribution is 14.0. The van der Waals surface area contributed by atoms with Crippen LogP contribution in [0.4, 0.5) is 5.69 Å². The molecule has 1 aliphatic heterocycles. The Hall–Kier alpha value is -1.36. The second kappa shape index (κ2) is 9.37. The van der Waals surface area contributed by atoms with Crippen LogP contribution in [-0.4, -0.2) is 42.3 Å². The number of hydrogen-bond acceptors (Lipinski definition) is 5. The van der Waals surface area contributed by atoms with Gasteiger partial charge in [-0.2, -0.15) is 4.98 Å². The van der Waals surface area contributed by atoms with Gasteiger partial charge in [-0.1, -0.05) is 17.3 Å². The molecular weight excluding hydrogens is 499 g/mol. The number of guanidine groups is 1. The molecule has 0 saturated carbocycles. The topological polar surface area (TPSA) is 78.6 Å². The number of para-hydroxylation sites is 1. The van der Waals surface area contributed by atoms with E-state index in [1.165, 1.54) is 5.69 Å². The number of nitrogens with zero attached hydrogens (tertiary/aromatic N) is 4. The molecule has 1 aromatic carbocycles. The van der Waals surface area contributed by atoms with E-state index in [0.29, 0.717) is 24.3 Å². The summed E-state index contributed by atoms with van der Waals surface area (Å²) >= 11 is 3.62. The van der Waals surface area contributed by atoms with E-state index in [1.807, 2.05) is 6.07 Å². The Bertz CT molecular complexity index is 722. The van der Waals surface area contributed by atoms with Crippen molar-refractivity contribution in [1.29, 1.82) is 0 Å². The lowest BCUT2D eigenvalue weighted by molar-refractivity contribution is 0.371. The summed E-state index contributed by atoms with van der Waals surface area (Å²) < 4.78 is 6.22. The highest BCUT2D eigenvalue weighted by atomic mass is 127. The summed E-state index contributed by atoms with van der Waals surface area (Å²) in [7, 11) is 1.76. The number of benzene rings is 1. The molecule has 9 heteroatoms. The van der Waals surface area contributed by atoms with Gasteiger partial charge in [0.05, 0.1) is 12.2 Å². The van der Waals surface area contributed by atoms with Crippen LogP contribution in [0.1, 0.15) is 18.1 Å². The quantitative estimate of drug-likeness (QED) is 0.366. The SMILES string of the molecule is CN=C(NCc1nc(C)no1)NC1CCN(c2ccccc2Br)C1.I. The second-order valence-electron chi connectivity index (χ2n) is 5.69. The molecule has 1 unspecified atom stereocenters. The number of aliphatic imine (C=N–C) groups is 1. The average Bonchev–Trinajstić information content (AvgIpc) is 3.21. The van der Waals surface area contributed by atoms with Crippen LogP contribution >= 0.6 is 39.9 Å². The normalized spacial score (nSPS) is 17.3. The standard InChI is InChI=1S/C16H21BrN6O.HI/c1-11-20-15(24-22-11)9-19-16(18-2)21-12-7-8-23(10-12)14-6-4-3-5-13(14)17;/h3-6,12H,7-10H2,1-2H3,(H2,18,19,21);1H.